The van der Waals surface area contributed by atoms with Crippen LogP contribution in [0.3, 0.4) is 0 Å². The normalized spacial score (nSPS) is 29.6. The molecule has 1 saturated carbocycles. The van der Waals surface area contributed by atoms with Gasteiger partial charge in [0.1, 0.15) is 0 Å². The second kappa shape index (κ2) is 5.57. The number of hydrogen-bond acceptors (Lipinski definition) is 3. The number of piperazine rings is 1. The van der Waals surface area contributed by atoms with Crippen molar-refractivity contribution >= 4 is 5.97 Å². The zero-order valence-corrected chi connectivity index (χ0v) is 11.7. The molecule has 4 heteroatoms. The first-order chi connectivity index (χ1) is 8.46. The quantitative estimate of drug-likeness (QED) is 0.828. The first-order valence-corrected chi connectivity index (χ1v) is 7.14. The summed E-state index contributed by atoms with van der Waals surface area (Å²) in [4.78, 5) is 15.4. The summed E-state index contributed by atoms with van der Waals surface area (Å²) >= 11 is 0. The van der Waals surface area contributed by atoms with Crippen molar-refractivity contribution in [3.05, 3.63) is 0 Å². The van der Waals surface area contributed by atoms with E-state index in [1.54, 1.807) is 0 Å². The van der Waals surface area contributed by atoms with Crippen LogP contribution in [0.4, 0.5) is 0 Å². The van der Waals surface area contributed by atoms with Gasteiger partial charge in [-0.15, -0.1) is 0 Å². The number of aliphatic carboxylic acids is 1. The summed E-state index contributed by atoms with van der Waals surface area (Å²) in [6, 6.07) is 0.765. The topological polar surface area (TPSA) is 43.8 Å². The SMILES string of the molecule is CC1(C)CCC(N2CCN(CCC(=O)O)CC2)C1. The lowest BCUT2D eigenvalue weighted by molar-refractivity contribution is -0.137. The minimum Gasteiger partial charge on any atom is -0.481 e. The van der Waals surface area contributed by atoms with E-state index < -0.39 is 5.97 Å². The second-order valence-electron chi connectivity index (χ2n) is 6.58. The Morgan fingerprint density at radius 3 is 2.44 bits per heavy atom. The highest BCUT2D eigenvalue weighted by Crippen LogP contribution is 2.39. The molecule has 0 bridgehead atoms. The smallest absolute Gasteiger partial charge is 0.304 e. The maximum atomic E-state index is 10.5. The Hall–Kier alpha value is -0.610. The molecule has 0 amide bonds. The van der Waals surface area contributed by atoms with Gasteiger partial charge >= 0.3 is 5.97 Å². The van der Waals surface area contributed by atoms with Crippen LogP contribution in [0.15, 0.2) is 0 Å². The monoisotopic (exact) mass is 254 g/mol. The summed E-state index contributed by atoms with van der Waals surface area (Å²) in [5.41, 5.74) is 0.519. The molecule has 0 radical (unpaired) electrons. The molecule has 1 N–H and O–H groups in total. The Morgan fingerprint density at radius 1 is 1.28 bits per heavy atom. The lowest BCUT2D eigenvalue weighted by Gasteiger charge is -2.38. The minimum atomic E-state index is -0.685. The molecule has 2 rings (SSSR count). The van der Waals surface area contributed by atoms with Gasteiger partial charge in [0, 0.05) is 38.8 Å². The first-order valence-electron chi connectivity index (χ1n) is 7.14. The molecule has 1 aliphatic carbocycles. The van der Waals surface area contributed by atoms with Crippen LogP contribution < -0.4 is 0 Å². The van der Waals surface area contributed by atoms with Gasteiger partial charge in [-0.1, -0.05) is 13.8 Å². The van der Waals surface area contributed by atoms with Gasteiger partial charge in [0.25, 0.3) is 0 Å². The lowest BCUT2D eigenvalue weighted by Crippen LogP contribution is -2.50. The van der Waals surface area contributed by atoms with Gasteiger partial charge in [-0.05, 0) is 24.7 Å². The van der Waals surface area contributed by atoms with Gasteiger partial charge in [0.15, 0.2) is 0 Å². The summed E-state index contributed by atoms with van der Waals surface area (Å²) in [6.45, 7) is 9.74. The average Bonchev–Trinajstić information content (AvgIpc) is 2.68. The molecular formula is C14H26N2O2. The molecular weight excluding hydrogens is 228 g/mol. The van der Waals surface area contributed by atoms with Crippen molar-refractivity contribution in [2.45, 2.75) is 45.6 Å². The van der Waals surface area contributed by atoms with Crippen molar-refractivity contribution in [1.82, 2.24) is 9.80 Å². The maximum Gasteiger partial charge on any atom is 0.304 e. The maximum absolute atomic E-state index is 10.5. The van der Waals surface area contributed by atoms with E-state index in [9.17, 15) is 4.79 Å². The van der Waals surface area contributed by atoms with Crippen LogP contribution in [0.5, 0.6) is 0 Å². The van der Waals surface area contributed by atoms with Gasteiger partial charge in [0.2, 0.25) is 0 Å². The van der Waals surface area contributed by atoms with E-state index in [0.29, 0.717) is 12.0 Å². The molecule has 2 aliphatic rings. The average molecular weight is 254 g/mol. The van der Waals surface area contributed by atoms with Crippen LogP contribution >= 0.6 is 0 Å². The van der Waals surface area contributed by atoms with Crippen LogP contribution in [0, 0.1) is 5.41 Å². The molecule has 0 aromatic heterocycles. The summed E-state index contributed by atoms with van der Waals surface area (Å²) in [7, 11) is 0. The van der Waals surface area contributed by atoms with Gasteiger partial charge in [0.05, 0.1) is 6.42 Å². The Morgan fingerprint density at radius 2 is 1.94 bits per heavy atom. The van der Waals surface area contributed by atoms with Crippen molar-refractivity contribution in [2.24, 2.45) is 5.41 Å². The van der Waals surface area contributed by atoms with Crippen LogP contribution in [-0.2, 0) is 4.79 Å². The molecule has 1 heterocycles. The molecule has 0 aromatic rings. The van der Waals surface area contributed by atoms with E-state index in [2.05, 4.69) is 23.6 Å². The van der Waals surface area contributed by atoms with Crippen molar-refractivity contribution in [1.29, 1.82) is 0 Å². The molecule has 18 heavy (non-hydrogen) atoms. The third kappa shape index (κ3) is 3.69. The Labute approximate surface area is 110 Å². The third-order valence-corrected chi connectivity index (χ3v) is 4.51. The Balaban J connectivity index is 1.72. The summed E-state index contributed by atoms with van der Waals surface area (Å²) < 4.78 is 0. The fraction of sp³-hybridized carbons (Fsp3) is 0.929. The van der Waals surface area contributed by atoms with Gasteiger partial charge in [-0.25, -0.2) is 0 Å². The van der Waals surface area contributed by atoms with Crippen molar-refractivity contribution < 1.29 is 9.90 Å². The Bertz CT molecular complexity index is 296. The van der Waals surface area contributed by atoms with Gasteiger partial charge in [-0.3, -0.25) is 9.69 Å². The highest BCUT2D eigenvalue weighted by Gasteiger charge is 2.35. The van der Waals surface area contributed by atoms with E-state index in [-0.39, 0.29) is 6.42 Å². The van der Waals surface area contributed by atoms with Crippen LogP contribution in [0.1, 0.15) is 39.5 Å². The van der Waals surface area contributed by atoms with Crippen LogP contribution in [0.2, 0.25) is 0 Å². The fourth-order valence-electron chi connectivity index (χ4n) is 3.32. The minimum absolute atomic E-state index is 0.274. The summed E-state index contributed by atoms with van der Waals surface area (Å²) in [5, 5.41) is 8.69. The summed E-state index contributed by atoms with van der Waals surface area (Å²) in [5.74, 6) is -0.685. The highest BCUT2D eigenvalue weighted by atomic mass is 16.4. The molecule has 1 atom stereocenters. The first kappa shape index (κ1) is 13.8. The number of rotatable bonds is 4. The molecule has 104 valence electrons. The molecule has 1 saturated heterocycles. The van der Waals surface area contributed by atoms with Crippen LogP contribution in [0.25, 0.3) is 0 Å². The van der Waals surface area contributed by atoms with E-state index >= 15 is 0 Å². The predicted octanol–water partition coefficient (Wildman–Crippen LogP) is 1.66. The Kier molecular flexibility index (Phi) is 4.28. The van der Waals surface area contributed by atoms with E-state index in [1.165, 1.54) is 19.3 Å². The molecule has 0 aromatic carbocycles. The van der Waals surface area contributed by atoms with E-state index in [0.717, 1.165) is 32.2 Å². The third-order valence-electron chi connectivity index (χ3n) is 4.51. The van der Waals surface area contributed by atoms with Crippen molar-refractivity contribution in [3.8, 4) is 0 Å². The lowest BCUT2D eigenvalue weighted by atomic mass is 9.91. The van der Waals surface area contributed by atoms with Gasteiger partial charge in [-0.2, -0.15) is 0 Å². The van der Waals surface area contributed by atoms with Crippen molar-refractivity contribution in [3.63, 3.8) is 0 Å². The molecule has 1 aliphatic heterocycles. The standard InChI is InChI=1S/C14H26N2O2/c1-14(2)5-3-12(11-14)16-9-7-15(8-10-16)6-4-13(17)18/h12H,3-11H2,1-2H3,(H,17,18). The number of carboxylic acid groups (broad SMARTS) is 1. The fourth-order valence-corrected chi connectivity index (χ4v) is 3.32. The molecule has 0 spiro atoms. The molecule has 2 fully saturated rings. The molecule has 1 unspecified atom stereocenters. The van der Waals surface area contributed by atoms with Crippen molar-refractivity contribution in [2.75, 3.05) is 32.7 Å². The zero-order chi connectivity index (χ0) is 13.2. The predicted molar refractivity (Wildman–Crippen MR) is 71.7 cm³/mol. The molecule has 4 nitrogen and oxygen atoms in total. The number of hydrogen-bond donors (Lipinski definition) is 1. The van der Waals surface area contributed by atoms with Gasteiger partial charge < -0.3 is 10.0 Å². The van der Waals surface area contributed by atoms with E-state index in [1.807, 2.05) is 0 Å². The summed E-state index contributed by atoms with van der Waals surface area (Å²) in [6.07, 6.45) is 4.28. The van der Waals surface area contributed by atoms with E-state index in [4.69, 9.17) is 5.11 Å². The van der Waals surface area contributed by atoms with Crippen LogP contribution in [-0.4, -0.2) is 59.6 Å². The number of carbonyl (C=O) groups is 1. The number of nitrogens with zero attached hydrogens (tertiary/aromatic N) is 2. The second-order valence-corrected chi connectivity index (χ2v) is 6.58. The zero-order valence-electron chi connectivity index (χ0n) is 11.7. The largest absolute Gasteiger partial charge is 0.481 e. The number of carboxylic acids is 1. The highest BCUT2D eigenvalue weighted by molar-refractivity contribution is 5.66.